The van der Waals surface area contributed by atoms with Crippen molar-refractivity contribution in [2.75, 3.05) is 6.61 Å². The zero-order valence-electron chi connectivity index (χ0n) is 16.5. The number of hydrogen-bond acceptors (Lipinski definition) is 1. The van der Waals surface area contributed by atoms with Crippen molar-refractivity contribution in [3.05, 3.63) is 120 Å². The third-order valence-electron chi connectivity index (χ3n) is 6.86. The van der Waals surface area contributed by atoms with Crippen LogP contribution in [-0.2, 0) is 5.04 Å². The van der Waals surface area contributed by atoms with Crippen LogP contribution in [0.1, 0.15) is 11.1 Å². The zero-order valence-corrected chi connectivity index (χ0v) is 17.5. The van der Waals surface area contributed by atoms with Crippen LogP contribution in [0.2, 0.25) is 6.55 Å². The van der Waals surface area contributed by atoms with Gasteiger partial charge in [0.05, 0.1) is 6.61 Å². The molecule has 1 N–H and O–H groups in total. The molecule has 1 nitrogen and oxygen atoms in total. The first kappa shape index (κ1) is 18.1. The molecule has 0 saturated carbocycles. The van der Waals surface area contributed by atoms with E-state index in [1.165, 1.54) is 32.6 Å². The Kier molecular flexibility index (Phi) is 4.27. The van der Waals surface area contributed by atoms with E-state index in [2.05, 4.69) is 116 Å². The van der Waals surface area contributed by atoms with Crippen LogP contribution in [0, 0.1) is 0 Å². The maximum absolute atomic E-state index is 11.2. The summed E-state index contributed by atoms with van der Waals surface area (Å²) in [6.07, 6.45) is 0. The molecule has 0 aromatic heterocycles. The Balaban J connectivity index is 1.94. The Hall–Kier alpha value is -2.94. The lowest BCUT2D eigenvalue weighted by Crippen LogP contribution is -2.71. The molecule has 0 radical (unpaired) electrons. The van der Waals surface area contributed by atoms with Gasteiger partial charge >= 0.3 is 0 Å². The first-order chi connectivity index (χ1) is 14.2. The first-order valence-electron chi connectivity index (χ1n) is 10.1. The van der Waals surface area contributed by atoms with Gasteiger partial charge in [-0.05, 0) is 22.3 Å². The van der Waals surface area contributed by atoms with Crippen molar-refractivity contribution >= 4 is 18.4 Å². The van der Waals surface area contributed by atoms with E-state index in [0.717, 1.165) is 0 Å². The molecule has 142 valence electrons. The molecule has 0 atom stereocenters. The summed E-state index contributed by atoms with van der Waals surface area (Å²) in [6.45, 7) is 2.51. The van der Waals surface area contributed by atoms with Gasteiger partial charge in [-0.2, -0.15) is 0 Å². The van der Waals surface area contributed by atoms with Crippen LogP contribution in [0.15, 0.2) is 109 Å². The summed E-state index contributed by atoms with van der Waals surface area (Å²) in [4.78, 5) is 0. The highest BCUT2D eigenvalue weighted by Gasteiger charge is 2.58. The zero-order chi connectivity index (χ0) is 19.9. The molecular formula is C27H24OSi. The molecule has 0 heterocycles. The minimum absolute atomic E-state index is 0.0908. The third-order valence-corrected chi connectivity index (χ3v) is 12.2. The van der Waals surface area contributed by atoms with Crippen molar-refractivity contribution in [1.82, 2.24) is 0 Å². The molecule has 0 bridgehead atoms. The highest BCUT2D eigenvalue weighted by molar-refractivity contribution is 7.04. The van der Waals surface area contributed by atoms with Gasteiger partial charge in [0.1, 0.15) is 8.07 Å². The lowest BCUT2D eigenvalue weighted by molar-refractivity contribution is 0.261. The summed E-state index contributed by atoms with van der Waals surface area (Å²) in [5.41, 5.74) is 5.02. The average molecular weight is 393 g/mol. The summed E-state index contributed by atoms with van der Waals surface area (Å²) in [5.74, 6) is 0. The van der Waals surface area contributed by atoms with Crippen LogP contribution in [0.4, 0.5) is 0 Å². The molecule has 1 aliphatic carbocycles. The first-order valence-corrected chi connectivity index (χ1v) is 12.6. The van der Waals surface area contributed by atoms with E-state index in [9.17, 15) is 5.11 Å². The van der Waals surface area contributed by atoms with Crippen LogP contribution in [0.3, 0.4) is 0 Å². The largest absolute Gasteiger partial charge is 0.395 e. The van der Waals surface area contributed by atoms with Crippen LogP contribution >= 0.6 is 0 Å². The highest BCUT2D eigenvalue weighted by atomic mass is 28.3. The number of aliphatic hydroxyl groups excluding tert-OH is 1. The minimum Gasteiger partial charge on any atom is -0.395 e. The maximum Gasteiger partial charge on any atom is 0.132 e. The molecule has 0 amide bonds. The topological polar surface area (TPSA) is 20.2 Å². The fraction of sp³-hybridized carbons (Fsp3) is 0.111. The summed E-state index contributed by atoms with van der Waals surface area (Å²) in [7, 11) is -2.47. The van der Waals surface area contributed by atoms with Crippen molar-refractivity contribution < 1.29 is 5.11 Å². The van der Waals surface area contributed by atoms with Crippen LogP contribution in [0.5, 0.6) is 0 Å². The van der Waals surface area contributed by atoms with E-state index in [1.54, 1.807) is 0 Å². The molecule has 0 aliphatic heterocycles. The summed E-state index contributed by atoms with van der Waals surface area (Å²) < 4.78 is 0. The lowest BCUT2D eigenvalue weighted by Gasteiger charge is -2.46. The smallest absolute Gasteiger partial charge is 0.132 e. The van der Waals surface area contributed by atoms with E-state index >= 15 is 0 Å². The van der Waals surface area contributed by atoms with Gasteiger partial charge in [0.25, 0.3) is 0 Å². The van der Waals surface area contributed by atoms with Crippen LogP contribution < -0.4 is 10.4 Å². The maximum atomic E-state index is 11.2. The van der Waals surface area contributed by atoms with Gasteiger partial charge in [0.2, 0.25) is 0 Å². The normalized spacial score (nSPS) is 14.3. The van der Waals surface area contributed by atoms with Gasteiger partial charge in [-0.15, -0.1) is 0 Å². The van der Waals surface area contributed by atoms with E-state index in [4.69, 9.17) is 0 Å². The second-order valence-electron chi connectivity index (χ2n) is 8.01. The SMILES string of the molecule is C[Si](c1ccccc1)(c1ccccc1)C1(CO)c2ccccc2-c2ccccc21. The van der Waals surface area contributed by atoms with Gasteiger partial charge in [0, 0.05) is 5.04 Å². The van der Waals surface area contributed by atoms with Gasteiger partial charge < -0.3 is 5.11 Å². The molecule has 29 heavy (non-hydrogen) atoms. The summed E-state index contributed by atoms with van der Waals surface area (Å²) in [6, 6.07) is 38.9. The van der Waals surface area contributed by atoms with Gasteiger partial charge in [-0.3, -0.25) is 0 Å². The predicted molar refractivity (Wildman–Crippen MR) is 124 cm³/mol. The monoisotopic (exact) mass is 392 g/mol. The Morgan fingerprint density at radius 2 is 0.966 bits per heavy atom. The van der Waals surface area contributed by atoms with Crippen LogP contribution in [-0.4, -0.2) is 19.8 Å². The number of aliphatic hydroxyl groups is 1. The Morgan fingerprint density at radius 1 is 0.586 bits per heavy atom. The fourth-order valence-electron chi connectivity index (χ4n) is 5.39. The molecule has 4 aromatic carbocycles. The Labute approximate surface area is 173 Å². The molecule has 0 spiro atoms. The molecule has 4 aromatic rings. The molecule has 5 rings (SSSR count). The van der Waals surface area contributed by atoms with E-state index < -0.39 is 13.1 Å². The van der Waals surface area contributed by atoms with E-state index in [-0.39, 0.29) is 6.61 Å². The average Bonchev–Trinajstić information content (AvgIpc) is 3.11. The third kappa shape index (κ3) is 2.36. The quantitative estimate of drug-likeness (QED) is 0.511. The molecule has 1 aliphatic rings. The van der Waals surface area contributed by atoms with Gasteiger partial charge in [-0.25, -0.2) is 0 Å². The summed E-state index contributed by atoms with van der Waals surface area (Å²) >= 11 is 0. The van der Waals surface area contributed by atoms with E-state index in [1.807, 2.05) is 0 Å². The second kappa shape index (κ2) is 6.84. The standard InChI is InChI=1S/C27H24OSi/c1-29(21-12-4-2-5-13-21,22-14-6-3-7-15-22)27(20-28)25-18-10-8-16-23(25)24-17-9-11-19-26(24)27/h2-19,28H,20H2,1H3. The van der Waals surface area contributed by atoms with Gasteiger partial charge in [-0.1, -0.05) is 126 Å². The van der Waals surface area contributed by atoms with Crippen molar-refractivity contribution in [3.63, 3.8) is 0 Å². The number of rotatable bonds is 4. The molecular weight excluding hydrogens is 368 g/mol. The van der Waals surface area contributed by atoms with Crippen molar-refractivity contribution in [1.29, 1.82) is 0 Å². The Bertz CT molecular complexity index is 1070. The van der Waals surface area contributed by atoms with Crippen LogP contribution in [0.25, 0.3) is 11.1 Å². The number of hydrogen-bond donors (Lipinski definition) is 1. The van der Waals surface area contributed by atoms with Crippen molar-refractivity contribution in [2.45, 2.75) is 11.6 Å². The molecule has 0 unspecified atom stereocenters. The molecule has 0 saturated heterocycles. The highest BCUT2D eigenvalue weighted by Crippen LogP contribution is 2.52. The second-order valence-corrected chi connectivity index (χ2v) is 12.3. The van der Waals surface area contributed by atoms with Gasteiger partial charge in [0.15, 0.2) is 0 Å². The summed E-state index contributed by atoms with van der Waals surface area (Å²) in [5, 5.41) is 13.4. The van der Waals surface area contributed by atoms with Crippen molar-refractivity contribution in [2.24, 2.45) is 0 Å². The Morgan fingerprint density at radius 3 is 1.38 bits per heavy atom. The van der Waals surface area contributed by atoms with Crippen molar-refractivity contribution in [3.8, 4) is 11.1 Å². The fourth-order valence-corrected chi connectivity index (χ4v) is 10.3. The number of benzene rings is 4. The number of fused-ring (bicyclic) bond motifs is 3. The molecule has 0 fully saturated rings. The molecule has 2 heteroatoms. The van der Waals surface area contributed by atoms with E-state index in [0.29, 0.717) is 0 Å². The lowest BCUT2D eigenvalue weighted by atomic mass is 9.96. The minimum atomic E-state index is -2.47. The predicted octanol–water partition coefficient (Wildman–Crippen LogP) is 4.38.